The van der Waals surface area contributed by atoms with Crippen molar-refractivity contribution >= 4 is 15.7 Å². The summed E-state index contributed by atoms with van der Waals surface area (Å²) in [6.45, 7) is 2.41. The smallest absolute Gasteiger partial charge is 0.235 e. The first-order valence-electron chi connectivity index (χ1n) is 5.32. The number of nitrogens with zero attached hydrogens (tertiary/aromatic N) is 1. The molecule has 1 aromatic heterocycles. The number of carbonyl (C=O) groups is 1. The van der Waals surface area contributed by atoms with Gasteiger partial charge in [-0.2, -0.15) is 5.10 Å². The molecule has 0 bridgehead atoms. The van der Waals surface area contributed by atoms with Gasteiger partial charge in [-0.25, -0.2) is 8.42 Å². The Labute approximate surface area is 101 Å². The number of H-pyrrole nitrogens is 1. The Kier molecular flexibility index (Phi) is 4.68. The van der Waals surface area contributed by atoms with Crippen molar-refractivity contribution in [1.82, 2.24) is 15.5 Å². The van der Waals surface area contributed by atoms with E-state index in [0.29, 0.717) is 6.54 Å². The lowest BCUT2D eigenvalue weighted by molar-refractivity contribution is -0.118. The number of amides is 1. The number of rotatable bonds is 6. The maximum atomic E-state index is 11.2. The quantitative estimate of drug-likeness (QED) is 0.693. The van der Waals surface area contributed by atoms with Crippen molar-refractivity contribution < 1.29 is 13.2 Å². The number of hydrogen-bond donors (Lipinski definition) is 2. The molecule has 7 heteroatoms. The number of aromatic nitrogens is 2. The summed E-state index contributed by atoms with van der Waals surface area (Å²) in [6, 6.07) is 0. The van der Waals surface area contributed by atoms with Crippen LogP contribution in [0.15, 0.2) is 6.20 Å². The number of sulfone groups is 1. The van der Waals surface area contributed by atoms with Crippen LogP contribution in [0.4, 0.5) is 0 Å². The Morgan fingerprint density at radius 2 is 2.24 bits per heavy atom. The fraction of sp³-hybridized carbons (Fsp3) is 0.600. The zero-order valence-corrected chi connectivity index (χ0v) is 10.8. The lowest BCUT2D eigenvalue weighted by Crippen LogP contribution is -2.30. The maximum absolute atomic E-state index is 11.2. The number of aromatic amines is 1. The minimum absolute atomic E-state index is 0.447. The molecule has 0 aromatic carbocycles. The van der Waals surface area contributed by atoms with Crippen molar-refractivity contribution in [3.8, 4) is 0 Å². The second-order valence-electron chi connectivity index (χ2n) is 4.04. The molecular formula is C10H17N3O3S. The molecule has 1 heterocycles. The highest BCUT2D eigenvalue weighted by molar-refractivity contribution is 7.91. The molecule has 0 aliphatic rings. The summed E-state index contributed by atoms with van der Waals surface area (Å²) in [5.41, 5.74) is 2.13. The van der Waals surface area contributed by atoms with Gasteiger partial charge in [0, 0.05) is 18.5 Å². The first-order chi connectivity index (χ1) is 7.88. The average Bonchev–Trinajstić information content (AvgIpc) is 2.56. The molecule has 0 unspecified atom stereocenters. The fourth-order valence-corrected chi connectivity index (χ4v) is 2.00. The first-order valence-corrected chi connectivity index (χ1v) is 7.38. The van der Waals surface area contributed by atoms with Crippen LogP contribution in [0.25, 0.3) is 0 Å². The molecule has 96 valence electrons. The van der Waals surface area contributed by atoms with E-state index < -0.39 is 21.5 Å². The van der Waals surface area contributed by atoms with Crippen LogP contribution in [0, 0.1) is 6.92 Å². The summed E-state index contributed by atoms with van der Waals surface area (Å²) in [5, 5.41) is 9.30. The number of hydrogen-bond acceptors (Lipinski definition) is 4. The molecule has 0 aliphatic heterocycles. The van der Waals surface area contributed by atoms with Crippen LogP contribution in [0.5, 0.6) is 0 Å². The highest BCUT2D eigenvalue weighted by Gasteiger charge is 2.09. The zero-order valence-electron chi connectivity index (χ0n) is 9.99. The Balaban J connectivity index is 2.21. The first kappa shape index (κ1) is 13.7. The van der Waals surface area contributed by atoms with Crippen molar-refractivity contribution in [2.24, 2.45) is 0 Å². The van der Waals surface area contributed by atoms with Gasteiger partial charge in [0.25, 0.3) is 0 Å². The molecule has 1 amide bonds. The van der Waals surface area contributed by atoms with E-state index >= 15 is 0 Å². The van der Waals surface area contributed by atoms with Gasteiger partial charge in [-0.05, 0) is 25.3 Å². The van der Waals surface area contributed by atoms with E-state index in [2.05, 4.69) is 15.5 Å². The van der Waals surface area contributed by atoms with Gasteiger partial charge >= 0.3 is 0 Å². The lowest BCUT2D eigenvalue weighted by Gasteiger charge is -2.03. The Morgan fingerprint density at radius 1 is 1.53 bits per heavy atom. The molecule has 0 fully saturated rings. The lowest BCUT2D eigenvalue weighted by atomic mass is 10.1. The molecule has 0 spiro atoms. The highest BCUT2D eigenvalue weighted by atomic mass is 32.2. The number of carbonyl (C=O) groups excluding carboxylic acids is 1. The van der Waals surface area contributed by atoms with Gasteiger partial charge < -0.3 is 5.32 Å². The molecule has 17 heavy (non-hydrogen) atoms. The fourth-order valence-electron chi connectivity index (χ4n) is 1.42. The molecule has 2 N–H and O–H groups in total. The van der Waals surface area contributed by atoms with Crippen LogP contribution in [-0.2, 0) is 21.1 Å². The van der Waals surface area contributed by atoms with Crippen molar-refractivity contribution in [1.29, 1.82) is 0 Å². The van der Waals surface area contributed by atoms with Crippen LogP contribution in [0.1, 0.15) is 17.7 Å². The van der Waals surface area contributed by atoms with Crippen LogP contribution >= 0.6 is 0 Å². The molecule has 0 radical (unpaired) electrons. The van der Waals surface area contributed by atoms with Crippen LogP contribution in [-0.4, -0.2) is 43.1 Å². The van der Waals surface area contributed by atoms with Crippen molar-refractivity contribution in [3.05, 3.63) is 17.5 Å². The third kappa shape index (κ3) is 5.48. The van der Waals surface area contributed by atoms with E-state index in [1.165, 1.54) is 0 Å². The molecule has 1 aromatic rings. The second kappa shape index (κ2) is 5.81. The summed E-state index contributed by atoms with van der Waals surface area (Å²) >= 11 is 0. The molecule has 0 atom stereocenters. The maximum Gasteiger partial charge on any atom is 0.235 e. The van der Waals surface area contributed by atoms with Crippen molar-refractivity contribution in [2.45, 2.75) is 19.8 Å². The summed E-state index contributed by atoms with van der Waals surface area (Å²) in [7, 11) is -3.24. The summed E-state index contributed by atoms with van der Waals surface area (Å²) in [5.74, 6) is -0.894. The summed E-state index contributed by atoms with van der Waals surface area (Å²) < 4.78 is 21.7. The Hall–Kier alpha value is -1.37. The minimum atomic E-state index is -3.24. The van der Waals surface area contributed by atoms with Crippen molar-refractivity contribution in [2.75, 3.05) is 18.6 Å². The van der Waals surface area contributed by atoms with E-state index in [-0.39, 0.29) is 0 Å². The largest absolute Gasteiger partial charge is 0.355 e. The van der Waals surface area contributed by atoms with Gasteiger partial charge in [-0.1, -0.05) is 0 Å². The molecule has 0 saturated heterocycles. The van der Waals surface area contributed by atoms with Gasteiger partial charge in [0.2, 0.25) is 5.91 Å². The molecule has 0 aliphatic carbocycles. The summed E-state index contributed by atoms with van der Waals surface area (Å²) in [4.78, 5) is 11.2. The highest BCUT2D eigenvalue weighted by Crippen LogP contribution is 2.04. The van der Waals surface area contributed by atoms with Gasteiger partial charge in [-0.15, -0.1) is 0 Å². The van der Waals surface area contributed by atoms with Crippen LogP contribution < -0.4 is 5.32 Å². The van der Waals surface area contributed by atoms with Gasteiger partial charge in [0.15, 0.2) is 9.84 Å². The predicted octanol–water partition coefficient (Wildman–Crippen LogP) is -0.188. The van der Waals surface area contributed by atoms with E-state index in [1.807, 2.05) is 6.92 Å². The molecular weight excluding hydrogens is 242 g/mol. The van der Waals surface area contributed by atoms with Crippen LogP contribution in [0.2, 0.25) is 0 Å². The van der Waals surface area contributed by atoms with Crippen LogP contribution in [0.3, 0.4) is 0 Å². The Morgan fingerprint density at radius 3 is 2.76 bits per heavy atom. The topological polar surface area (TPSA) is 91.9 Å². The third-order valence-electron chi connectivity index (χ3n) is 2.27. The van der Waals surface area contributed by atoms with E-state index in [9.17, 15) is 13.2 Å². The molecule has 6 nitrogen and oxygen atoms in total. The predicted molar refractivity (Wildman–Crippen MR) is 64.4 cm³/mol. The standard InChI is InChI=1S/C10H17N3O3S/c1-8-9(6-12-13-8)4-3-5-11-10(14)7-17(2,15)16/h6H,3-5,7H2,1-2H3,(H,11,14)(H,12,13). The zero-order chi connectivity index (χ0) is 12.9. The van der Waals surface area contributed by atoms with Gasteiger partial charge in [0.05, 0.1) is 6.20 Å². The third-order valence-corrected chi connectivity index (χ3v) is 3.06. The Bertz CT molecular complexity index is 479. The van der Waals surface area contributed by atoms with Crippen molar-refractivity contribution in [3.63, 3.8) is 0 Å². The van der Waals surface area contributed by atoms with E-state index in [4.69, 9.17) is 0 Å². The summed E-state index contributed by atoms with van der Waals surface area (Å²) in [6.07, 6.45) is 4.37. The second-order valence-corrected chi connectivity index (χ2v) is 6.18. The van der Waals surface area contributed by atoms with Gasteiger partial charge in [0.1, 0.15) is 5.75 Å². The number of nitrogens with one attached hydrogen (secondary N) is 2. The molecule has 0 saturated carbocycles. The van der Waals surface area contributed by atoms with E-state index in [0.717, 1.165) is 30.4 Å². The normalized spacial score (nSPS) is 11.4. The number of aryl methyl sites for hydroxylation is 2. The molecule has 1 rings (SSSR count). The van der Waals surface area contributed by atoms with Gasteiger partial charge in [-0.3, -0.25) is 9.89 Å². The minimum Gasteiger partial charge on any atom is -0.355 e. The monoisotopic (exact) mass is 259 g/mol. The average molecular weight is 259 g/mol. The SMILES string of the molecule is Cc1[nH]ncc1CCCNC(=O)CS(C)(=O)=O. The van der Waals surface area contributed by atoms with E-state index in [1.54, 1.807) is 6.20 Å².